The third-order valence-corrected chi connectivity index (χ3v) is 1.87. The van der Waals surface area contributed by atoms with Crippen molar-refractivity contribution in [3.8, 4) is 0 Å². The van der Waals surface area contributed by atoms with Gasteiger partial charge in [0.1, 0.15) is 0 Å². The van der Waals surface area contributed by atoms with Crippen LogP contribution in [0.5, 0.6) is 0 Å². The van der Waals surface area contributed by atoms with E-state index in [4.69, 9.17) is 4.74 Å². The summed E-state index contributed by atoms with van der Waals surface area (Å²) in [4.78, 5) is 11.0. The van der Waals surface area contributed by atoms with Gasteiger partial charge in [0.05, 0.1) is 6.61 Å². The average molecular weight is 202 g/mol. The molecule has 0 heterocycles. The Morgan fingerprint density at radius 3 is 2.47 bits per heavy atom. The summed E-state index contributed by atoms with van der Waals surface area (Å²) in [6.45, 7) is 5.85. The molecule has 0 saturated heterocycles. The quantitative estimate of drug-likeness (QED) is 0.554. The molecule has 1 rings (SSSR count). The van der Waals surface area contributed by atoms with Gasteiger partial charge in [0.2, 0.25) is 0 Å². The Morgan fingerprint density at radius 2 is 1.93 bits per heavy atom. The highest BCUT2D eigenvalue weighted by molar-refractivity contribution is 5.87. The van der Waals surface area contributed by atoms with E-state index >= 15 is 0 Å². The molecule has 0 fully saturated rings. The van der Waals surface area contributed by atoms with Gasteiger partial charge in [0.25, 0.3) is 0 Å². The van der Waals surface area contributed by atoms with E-state index in [0.717, 1.165) is 11.1 Å². The zero-order chi connectivity index (χ0) is 11.1. The molecule has 15 heavy (non-hydrogen) atoms. The van der Waals surface area contributed by atoms with Crippen molar-refractivity contribution >= 4 is 18.1 Å². The predicted octanol–water partition coefficient (Wildman–Crippen LogP) is 2.91. The number of ether oxygens (including phenoxy) is 1. The molecule has 1 aromatic rings. The lowest BCUT2D eigenvalue weighted by Crippen LogP contribution is -1.98. The lowest BCUT2D eigenvalue weighted by molar-refractivity contribution is -0.137. The summed E-state index contributed by atoms with van der Waals surface area (Å²) in [5.41, 5.74) is 2.02. The molecule has 2 nitrogen and oxygen atoms in total. The number of hydrogen-bond acceptors (Lipinski definition) is 2. The summed E-state index contributed by atoms with van der Waals surface area (Å²) in [7, 11) is 0. The molecular weight excluding hydrogens is 188 g/mol. The zero-order valence-electron chi connectivity index (χ0n) is 8.77. The van der Waals surface area contributed by atoms with E-state index in [-0.39, 0.29) is 5.97 Å². The first-order valence-corrected chi connectivity index (χ1v) is 4.83. The van der Waals surface area contributed by atoms with Gasteiger partial charge < -0.3 is 4.74 Å². The summed E-state index contributed by atoms with van der Waals surface area (Å²) < 4.78 is 4.77. The van der Waals surface area contributed by atoms with Crippen molar-refractivity contribution in [1.29, 1.82) is 0 Å². The van der Waals surface area contributed by atoms with Crippen LogP contribution in [0.25, 0.3) is 12.2 Å². The second kappa shape index (κ2) is 5.81. The minimum atomic E-state index is -0.315. The van der Waals surface area contributed by atoms with Crippen molar-refractivity contribution in [2.75, 3.05) is 6.61 Å². The van der Waals surface area contributed by atoms with Crippen LogP contribution in [-0.2, 0) is 9.53 Å². The number of carbonyl (C=O) groups excluding carboxylic acids is 1. The first-order chi connectivity index (χ1) is 7.26. The topological polar surface area (TPSA) is 26.3 Å². The summed E-state index contributed by atoms with van der Waals surface area (Å²) in [6, 6.07) is 7.73. The van der Waals surface area contributed by atoms with E-state index in [2.05, 4.69) is 6.58 Å². The Labute approximate surface area is 89.9 Å². The molecule has 0 aliphatic heterocycles. The third kappa shape index (κ3) is 3.81. The van der Waals surface area contributed by atoms with Gasteiger partial charge in [-0.15, -0.1) is 0 Å². The maximum atomic E-state index is 11.0. The van der Waals surface area contributed by atoms with Gasteiger partial charge >= 0.3 is 5.97 Å². The highest BCUT2D eigenvalue weighted by Gasteiger charge is 1.93. The lowest BCUT2D eigenvalue weighted by atomic mass is 10.1. The molecule has 0 spiro atoms. The SMILES string of the molecule is C=Cc1ccc(/C=C\C(=O)OCC)cc1. The number of hydrogen-bond donors (Lipinski definition) is 0. The smallest absolute Gasteiger partial charge is 0.330 e. The average Bonchev–Trinajstić information content (AvgIpc) is 2.27. The molecule has 0 atom stereocenters. The van der Waals surface area contributed by atoms with Crippen LogP contribution in [0.2, 0.25) is 0 Å². The minimum Gasteiger partial charge on any atom is -0.463 e. The van der Waals surface area contributed by atoms with E-state index in [1.54, 1.807) is 19.1 Å². The van der Waals surface area contributed by atoms with E-state index < -0.39 is 0 Å². The van der Waals surface area contributed by atoms with Gasteiger partial charge in [-0.05, 0) is 24.1 Å². The van der Waals surface area contributed by atoms with Crippen LogP contribution in [0.3, 0.4) is 0 Å². The van der Waals surface area contributed by atoms with E-state index in [1.165, 1.54) is 6.08 Å². The standard InChI is InChI=1S/C13H14O2/c1-3-11-5-7-12(8-6-11)9-10-13(14)15-4-2/h3,5-10H,1,4H2,2H3/b10-9-. The Hall–Kier alpha value is -1.83. The Balaban J connectivity index is 2.64. The summed E-state index contributed by atoms with van der Waals surface area (Å²) >= 11 is 0. The fourth-order valence-corrected chi connectivity index (χ4v) is 1.10. The second-order valence-electron chi connectivity index (χ2n) is 2.96. The molecule has 0 aliphatic rings. The van der Waals surface area contributed by atoms with Crippen LogP contribution >= 0.6 is 0 Å². The third-order valence-electron chi connectivity index (χ3n) is 1.87. The molecule has 0 radical (unpaired) electrons. The van der Waals surface area contributed by atoms with Crippen LogP contribution in [0.1, 0.15) is 18.1 Å². The van der Waals surface area contributed by atoms with Crippen molar-refractivity contribution in [1.82, 2.24) is 0 Å². The van der Waals surface area contributed by atoms with Crippen LogP contribution in [0.15, 0.2) is 36.9 Å². The van der Waals surface area contributed by atoms with Gasteiger partial charge in [-0.3, -0.25) is 0 Å². The molecule has 0 amide bonds. The molecule has 78 valence electrons. The molecule has 0 N–H and O–H groups in total. The number of esters is 1. The fourth-order valence-electron chi connectivity index (χ4n) is 1.10. The van der Waals surface area contributed by atoms with Crippen LogP contribution in [0.4, 0.5) is 0 Å². The molecule has 0 bridgehead atoms. The van der Waals surface area contributed by atoms with Gasteiger partial charge in [0.15, 0.2) is 0 Å². The zero-order valence-corrected chi connectivity index (χ0v) is 8.77. The highest BCUT2D eigenvalue weighted by Crippen LogP contribution is 2.07. The summed E-state index contributed by atoms with van der Waals surface area (Å²) in [5.74, 6) is -0.315. The fraction of sp³-hybridized carbons (Fsp3) is 0.154. The second-order valence-corrected chi connectivity index (χ2v) is 2.96. The molecule has 2 heteroatoms. The first-order valence-electron chi connectivity index (χ1n) is 4.83. The minimum absolute atomic E-state index is 0.315. The van der Waals surface area contributed by atoms with Crippen molar-refractivity contribution in [3.63, 3.8) is 0 Å². The maximum absolute atomic E-state index is 11.0. The van der Waals surface area contributed by atoms with Crippen molar-refractivity contribution < 1.29 is 9.53 Å². The van der Waals surface area contributed by atoms with Crippen LogP contribution in [0, 0.1) is 0 Å². The molecule has 0 unspecified atom stereocenters. The maximum Gasteiger partial charge on any atom is 0.330 e. The normalized spacial score (nSPS) is 10.2. The van der Waals surface area contributed by atoms with E-state index in [1.807, 2.05) is 24.3 Å². The van der Waals surface area contributed by atoms with Crippen LogP contribution < -0.4 is 0 Å². The van der Waals surface area contributed by atoms with Crippen molar-refractivity contribution in [3.05, 3.63) is 48.0 Å². The van der Waals surface area contributed by atoms with E-state index in [9.17, 15) is 4.79 Å². The number of rotatable bonds is 4. The molecule has 0 aliphatic carbocycles. The first kappa shape index (κ1) is 11.2. The van der Waals surface area contributed by atoms with Crippen molar-refractivity contribution in [2.45, 2.75) is 6.92 Å². The summed E-state index contributed by atoms with van der Waals surface area (Å²) in [6.07, 6.45) is 4.93. The van der Waals surface area contributed by atoms with E-state index in [0.29, 0.717) is 6.61 Å². The Kier molecular flexibility index (Phi) is 4.35. The molecule has 0 aromatic heterocycles. The largest absolute Gasteiger partial charge is 0.463 e. The highest BCUT2D eigenvalue weighted by atomic mass is 16.5. The number of carbonyl (C=O) groups is 1. The molecular formula is C13H14O2. The number of benzene rings is 1. The lowest BCUT2D eigenvalue weighted by Gasteiger charge is -1.96. The van der Waals surface area contributed by atoms with Crippen molar-refractivity contribution in [2.24, 2.45) is 0 Å². The monoisotopic (exact) mass is 202 g/mol. The molecule has 0 saturated carbocycles. The summed E-state index contributed by atoms with van der Waals surface area (Å²) in [5, 5.41) is 0. The van der Waals surface area contributed by atoms with Gasteiger partial charge in [-0.1, -0.05) is 36.9 Å². The van der Waals surface area contributed by atoms with Gasteiger partial charge in [0, 0.05) is 6.08 Å². The predicted molar refractivity (Wildman–Crippen MR) is 62.2 cm³/mol. The molecule has 1 aromatic carbocycles. The van der Waals surface area contributed by atoms with Gasteiger partial charge in [-0.25, -0.2) is 4.79 Å². The Morgan fingerprint density at radius 1 is 1.33 bits per heavy atom. The Bertz CT molecular complexity index is 361. The van der Waals surface area contributed by atoms with Gasteiger partial charge in [-0.2, -0.15) is 0 Å². The van der Waals surface area contributed by atoms with Crippen LogP contribution in [-0.4, -0.2) is 12.6 Å².